The number of ether oxygens (including phenoxy) is 2. The normalized spacial score (nSPS) is 15.6. The Morgan fingerprint density at radius 2 is 1.75 bits per heavy atom. The first-order valence-electron chi connectivity index (χ1n) is 12.5. The molecule has 200 valence electrons. The number of hydrogen-bond acceptors (Lipinski definition) is 6. The van der Waals surface area contributed by atoms with E-state index in [1.807, 2.05) is 52.0 Å². The molecule has 1 aliphatic carbocycles. The molecule has 3 amide bonds. The Balaban J connectivity index is 2.48. The predicted molar refractivity (Wildman–Crippen MR) is 144 cm³/mol. The van der Waals surface area contributed by atoms with Crippen molar-refractivity contribution in [2.24, 2.45) is 5.73 Å². The number of nitrogens with zero attached hydrogens (tertiary/aromatic N) is 2. The molecule has 36 heavy (non-hydrogen) atoms. The van der Waals surface area contributed by atoms with Crippen LogP contribution >= 0.6 is 12.6 Å². The number of urea groups is 1. The van der Waals surface area contributed by atoms with Crippen molar-refractivity contribution in [3.63, 3.8) is 0 Å². The number of carbonyl (C=O) groups is 3. The summed E-state index contributed by atoms with van der Waals surface area (Å²) >= 11 is 4.43. The van der Waals surface area contributed by atoms with E-state index in [0.29, 0.717) is 31.4 Å². The van der Waals surface area contributed by atoms with E-state index in [9.17, 15) is 14.4 Å². The minimum absolute atomic E-state index is 0.0653. The number of thiol groups is 1. The Hall–Kier alpha value is -2.52. The number of benzene rings is 1. The van der Waals surface area contributed by atoms with Gasteiger partial charge in [-0.05, 0) is 60.5 Å². The maximum Gasteiger partial charge on any atom is 0.326 e. The summed E-state index contributed by atoms with van der Waals surface area (Å²) in [5, 5.41) is 0.209. The van der Waals surface area contributed by atoms with Crippen LogP contribution in [0.4, 0.5) is 4.79 Å². The van der Waals surface area contributed by atoms with Crippen molar-refractivity contribution in [2.45, 2.75) is 97.1 Å². The standard InChI is InChI=1S/C27H41N3O5S/c1-17(2)30(27(6,7)25(28)32)26(33)29(19(5)36)16-24(35-21-14-12-20(31)13-15-21)22-10-8-9-11-23(22)34-18(3)4/h8-11,17-18,21,24,36H,5,12-16H2,1-4,6-7H3,(H2,28,32)/t24-/m0/s1. The molecule has 0 bridgehead atoms. The molecule has 0 saturated heterocycles. The summed E-state index contributed by atoms with van der Waals surface area (Å²) < 4.78 is 12.6. The van der Waals surface area contributed by atoms with Crippen LogP contribution in [0.2, 0.25) is 0 Å². The zero-order chi connectivity index (χ0) is 27.2. The highest BCUT2D eigenvalue weighted by molar-refractivity contribution is 7.84. The number of carbonyl (C=O) groups excluding carboxylic acids is 3. The summed E-state index contributed by atoms with van der Waals surface area (Å²) in [5.74, 6) is 0.265. The van der Waals surface area contributed by atoms with Crippen LogP contribution in [0.25, 0.3) is 0 Å². The molecular formula is C27H41N3O5S. The summed E-state index contributed by atoms with van der Waals surface area (Å²) in [7, 11) is 0. The van der Waals surface area contributed by atoms with Crippen molar-refractivity contribution in [3.05, 3.63) is 41.4 Å². The van der Waals surface area contributed by atoms with Gasteiger partial charge in [-0.3, -0.25) is 14.5 Å². The minimum Gasteiger partial charge on any atom is -0.491 e. The lowest BCUT2D eigenvalue weighted by Crippen LogP contribution is -2.61. The van der Waals surface area contributed by atoms with Gasteiger partial charge in [0.05, 0.1) is 23.8 Å². The van der Waals surface area contributed by atoms with Crippen molar-refractivity contribution in [1.29, 1.82) is 0 Å². The second-order valence-corrected chi connectivity index (χ2v) is 10.8. The monoisotopic (exact) mass is 519 g/mol. The summed E-state index contributed by atoms with van der Waals surface area (Å²) in [6, 6.07) is 6.77. The molecule has 1 aromatic rings. The quantitative estimate of drug-likeness (QED) is 0.407. The first-order chi connectivity index (χ1) is 16.7. The molecule has 8 nitrogen and oxygen atoms in total. The first-order valence-corrected chi connectivity index (χ1v) is 12.9. The molecule has 0 spiro atoms. The van der Waals surface area contributed by atoms with E-state index in [-0.39, 0.29) is 35.6 Å². The molecule has 0 heterocycles. The van der Waals surface area contributed by atoms with E-state index in [2.05, 4.69) is 19.2 Å². The summed E-state index contributed by atoms with van der Waals surface area (Å²) in [6.07, 6.45) is 1.37. The number of rotatable bonds is 11. The number of primary amides is 1. The van der Waals surface area contributed by atoms with Gasteiger partial charge in [-0.2, -0.15) is 0 Å². The second kappa shape index (κ2) is 12.6. The molecule has 0 aliphatic heterocycles. The highest BCUT2D eigenvalue weighted by atomic mass is 32.1. The molecule has 9 heteroatoms. The number of ketones is 1. The van der Waals surface area contributed by atoms with Crippen LogP contribution in [0, 0.1) is 0 Å². The van der Waals surface area contributed by atoms with Crippen LogP contribution in [0.5, 0.6) is 5.75 Å². The highest BCUT2D eigenvalue weighted by Gasteiger charge is 2.41. The SMILES string of the molecule is C=C(S)N(C[C@H](OC1CCC(=O)CC1)c1ccccc1OC(C)C)C(=O)N(C(C)C)C(C)(C)C(N)=O. The van der Waals surface area contributed by atoms with Gasteiger partial charge in [0.15, 0.2) is 0 Å². The molecule has 1 atom stereocenters. The molecule has 0 aromatic heterocycles. The molecule has 2 rings (SSSR count). The van der Waals surface area contributed by atoms with Gasteiger partial charge in [-0.25, -0.2) is 4.79 Å². The van der Waals surface area contributed by atoms with Gasteiger partial charge < -0.3 is 20.1 Å². The van der Waals surface area contributed by atoms with Crippen LogP contribution in [-0.4, -0.2) is 57.9 Å². The molecule has 1 aliphatic rings. The average molecular weight is 520 g/mol. The zero-order valence-electron chi connectivity index (χ0n) is 22.3. The van der Waals surface area contributed by atoms with Crippen LogP contribution in [0.3, 0.4) is 0 Å². The van der Waals surface area contributed by atoms with Gasteiger partial charge >= 0.3 is 6.03 Å². The van der Waals surface area contributed by atoms with Crippen LogP contribution in [-0.2, 0) is 14.3 Å². The largest absolute Gasteiger partial charge is 0.491 e. The highest BCUT2D eigenvalue weighted by Crippen LogP contribution is 2.34. The Morgan fingerprint density at radius 1 is 1.17 bits per heavy atom. The van der Waals surface area contributed by atoms with Crippen LogP contribution in [0.15, 0.2) is 35.9 Å². The third-order valence-corrected chi connectivity index (χ3v) is 6.54. The van der Waals surface area contributed by atoms with E-state index in [0.717, 1.165) is 5.56 Å². The van der Waals surface area contributed by atoms with E-state index in [1.54, 1.807) is 13.8 Å². The number of Topliss-reactive ketones (excluding diaryl/α,β-unsaturated/α-hetero) is 1. The topological polar surface area (TPSA) is 102 Å². The Bertz CT molecular complexity index is 952. The van der Waals surface area contributed by atoms with Gasteiger partial charge in [-0.1, -0.05) is 24.8 Å². The second-order valence-electron chi connectivity index (χ2n) is 10.3. The first kappa shape index (κ1) is 29.7. The summed E-state index contributed by atoms with van der Waals surface area (Å²) in [5.41, 5.74) is 5.19. The van der Waals surface area contributed by atoms with Crippen molar-refractivity contribution in [1.82, 2.24) is 9.80 Å². The lowest BCUT2D eigenvalue weighted by atomic mass is 9.96. The third kappa shape index (κ3) is 7.49. The van der Waals surface area contributed by atoms with Crippen LogP contribution < -0.4 is 10.5 Å². The van der Waals surface area contributed by atoms with Gasteiger partial charge in [0.25, 0.3) is 0 Å². The average Bonchev–Trinajstić information content (AvgIpc) is 2.77. The van der Waals surface area contributed by atoms with E-state index < -0.39 is 23.6 Å². The fourth-order valence-electron chi connectivity index (χ4n) is 4.42. The zero-order valence-corrected chi connectivity index (χ0v) is 23.2. The molecule has 0 unspecified atom stereocenters. The van der Waals surface area contributed by atoms with E-state index in [4.69, 9.17) is 15.2 Å². The number of amides is 3. The lowest BCUT2D eigenvalue weighted by molar-refractivity contribution is -0.128. The number of para-hydroxylation sites is 1. The maximum absolute atomic E-state index is 13.8. The van der Waals surface area contributed by atoms with Gasteiger partial charge in [-0.15, -0.1) is 12.6 Å². The molecule has 2 N–H and O–H groups in total. The predicted octanol–water partition coefficient (Wildman–Crippen LogP) is 4.84. The van der Waals surface area contributed by atoms with Gasteiger partial charge in [0, 0.05) is 24.4 Å². The van der Waals surface area contributed by atoms with E-state index in [1.165, 1.54) is 9.80 Å². The van der Waals surface area contributed by atoms with Crippen molar-refractivity contribution in [2.75, 3.05) is 6.54 Å². The van der Waals surface area contributed by atoms with Crippen molar-refractivity contribution < 1.29 is 23.9 Å². The lowest BCUT2D eigenvalue weighted by Gasteiger charge is -2.42. The molecule has 0 radical (unpaired) electrons. The van der Waals surface area contributed by atoms with Crippen molar-refractivity contribution >= 4 is 30.4 Å². The Morgan fingerprint density at radius 3 is 2.25 bits per heavy atom. The molecule has 1 saturated carbocycles. The molecular weight excluding hydrogens is 478 g/mol. The summed E-state index contributed by atoms with van der Waals surface area (Å²) in [6.45, 7) is 14.8. The van der Waals surface area contributed by atoms with E-state index >= 15 is 0 Å². The summed E-state index contributed by atoms with van der Waals surface area (Å²) in [4.78, 5) is 40.7. The molecule has 1 fully saturated rings. The third-order valence-electron chi connectivity index (χ3n) is 6.29. The van der Waals surface area contributed by atoms with Crippen molar-refractivity contribution in [3.8, 4) is 5.75 Å². The fourth-order valence-corrected chi connectivity index (χ4v) is 4.59. The van der Waals surface area contributed by atoms with Crippen LogP contribution in [0.1, 0.15) is 78.9 Å². The Kier molecular flexibility index (Phi) is 10.4. The smallest absolute Gasteiger partial charge is 0.326 e. The van der Waals surface area contributed by atoms with Gasteiger partial charge in [0.1, 0.15) is 23.2 Å². The molecule has 1 aromatic carbocycles. The minimum atomic E-state index is -1.24. The maximum atomic E-state index is 13.8. The number of hydrogen-bond donors (Lipinski definition) is 2. The number of nitrogens with two attached hydrogens (primary N) is 1. The Labute approximate surface area is 220 Å². The fraction of sp³-hybridized carbons (Fsp3) is 0.593. The van der Waals surface area contributed by atoms with Gasteiger partial charge in [0.2, 0.25) is 5.91 Å².